The summed E-state index contributed by atoms with van der Waals surface area (Å²) >= 11 is 0. The molecule has 0 N–H and O–H groups in total. The van der Waals surface area contributed by atoms with Gasteiger partial charge in [0.25, 0.3) is 0 Å². The molecular weight excluding hydrogens is 271 g/mol. The van der Waals surface area contributed by atoms with Crippen molar-refractivity contribution >= 4 is 11.6 Å². The number of amides is 1. The van der Waals surface area contributed by atoms with Crippen LogP contribution in [0.4, 0.5) is 10.1 Å². The average molecular weight is 292 g/mol. The van der Waals surface area contributed by atoms with Crippen LogP contribution in [-0.2, 0) is 16.1 Å². The second-order valence-corrected chi connectivity index (χ2v) is 5.04. The van der Waals surface area contributed by atoms with Crippen molar-refractivity contribution in [1.29, 1.82) is 0 Å². The molecule has 0 aromatic heterocycles. The van der Waals surface area contributed by atoms with E-state index in [1.54, 1.807) is 24.4 Å². The molecule has 1 aliphatic rings. The molecule has 1 aromatic carbocycles. The highest BCUT2D eigenvalue weighted by atomic mass is 19.1. The fraction of sp³-hybridized carbons (Fsp3) is 0.438. The van der Waals surface area contributed by atoms with Gasteiger partial charge in [-0.2, -0.15) is 0 Å². The lowest BCUT2D eigenvalue weighted by Crippen LogP contribution is -2.35. The molecule has 0 aliphatic carbocycles. The van der Waals surface area contributed by atoms with E-state index in [2.05, 4.69) is 4.90 Å². The molecule has 1 amide bonds. The van der Waals surface area contributed by atoms with Crippen LogP contribution in [0.3, 0.4) is 0 Å². The van der Waals surface area contributed by atoms with Crippen LogP contribution in [0.2, 0.25) is 0 Å². The number of benzene rings is 1. The summed E-state index contributed by atoms with van der Waals surface area (Å²) in [7, 11) is 0. The molecule has 0 atom stereocenters. The first-order valence-corrected chi connectivity index (χ1v) is 7.13. The molecule has 0 spiro atoms. The van der Waals surface area contributed by atoms with E-state index in [-0.39, 0.29) is 11.7 Å². The Kier molecular flexibility index (Phi) is 5.47. The minimum atomic E-state index is -0.283. The molecule has 0 saturated carbocycles. The Hall–Kier alpha value is -1.72. The summed E-state index contributed by atoms with van der Waals surface area (Å²) in [5.74, 6) is -0.428. The average Bonchev–Trinajstić information content (AvgIpc) is 2.48. The number of allylic oxidation sites excluding steroid dienone is 1. The number of ether oxygens (including phenoxy) is 1. The Morgan fingerprint density at radius 3 is 2.71 bits per heavy atom. The van der Waals surface area contributed by atoms with Crippen molar-refractivity contribution in [2.45, 2.75) is 20.4 Å². The maximum atomic E-state index is 14.2. The zero-order valence-corrected chi connectivity index (χ0v) is 12.5. The fourth-order valence-corrected chi connectivity index (χ4v) is 2.34. The summed E-state index contributed by atoms with van der Waals surface area (Å²) in [6.07, 6.45) is 3.39. The Bertz CT molecular complexity index is 525. The molecular formula is C16H21FN2O2. The Balaban J connectivity index is 2.14. The molecule has 0 unspecified atom stereocenters. The van der Waals surface area contributed by atoms with E-state index < -0.39 is 0 Å². The summed E-state index contributed by atoms with van der Waals surface area (Å²) in [6.45, 7) is 6.87. The van der Waals surface area contributed by atoms with Crippen LogP contribution < -0.4 is 4.90 Å². The summed E-state index contributed by atoms with van der Waals surface area (Å²) in [5, 5.41) is 0. The van der Waals surface area contributed by atoms with Gasteiger partial charge in [0.15, 0.2) is 0 Å². The molecule has 1 saturated heterocycles. The number of nitrogens with zero attached hydrogens (tertiary/aromatic N) is 2. The largest absolute Gasteiger partial charge is 0.379 e. The van der Waals surface area contributed by atoms with Crippen molar-refractivity contribution in [1.82, 2.24) is 4.90 Å². The second-order valence-electron chi connectivity index (χ2n) is 5.04. The van der Waals surface area contributed by atoms with Crippen molar-refractivity contribution in [3.8, 4) is 0 Å². The van der Waals surface area contributed by atoms with Gasteiger partial charge in [-0.05, 0) is 19.1 Å². The quantitative estimate of drug-likeness (QED) is 0.855. The summed E-state index contributed by atoms with van der Waals surface area (Å²) in [6, 6.07) is 4.94. The van der Waals surface area contributed by atoms with Crippen LogP contribution in [0.5, 0.6) is 0 Å². The van der Waals surface area contributed by atoms with Crippen molar-refractivity contribution < 1.29 is 13.9 Å². The first kappa shape index (κ1) is 15.7. The van der Waals surface area contributed by atoms with Crippen LogP contribution in [0.1, 0.15) is 19.4 Å². The molecule has 5 heteroatoms. The van der Waals surface area contributed by atoms with E-state index in [4.69, 9.17) is 4.74 Å². The first-order valence-electron chi connectivity index (χ1n) is 7.13. The zero-order chi connectivity index (χ0) is 15.2. The highest BCUT2D eigenvalue weighted by Gasteiger charge is 2.15. The predicted octanol–water partition coefficient (Wildman–Crippen LogP) is 2.54. The lowest BCUT2D eigenvalue weighted by Gasteiger charge is -2.27. The van der Waals surface area contributed by atoms with Gasteiger partial charge >= 0.3 is 0 Å². The van der Waals surface area contributed by atoms with Gasteiger partial charge in [0, 0.05) is 38.3 Å². The molecule has 1 heterocycles. The molecule has 0 bridgehead atoms. The molecule has 0 radical (unpaired) electrons. The molecule has 1 fully saturated rings. The number of morpholine rings is 1. The van der Waals surface area contributed by atoms with E-state index in [0.29, 0.717) is 31.0 Å². The summed E-state index contributed by atoms with van der Waals surface area (Å²) in [5.41, 5.74) is 1.19. The Morgan fingerprint density at radius 1 is 1.43 bits per heavy atom. The first-order chi connectivity index (χ1) is 10.1. The number of rotatable bonds is 4. The van der Waals surface area contributed by atoms with Crippen molar-refractivity contribution in [2.75, 3.05) is 31.2 Å². The topological polar surface area (TPSA) is 32.8 Å². The van der Waals surface area contributed by atoms with Gasteiger partial charge in [0.1, 0.15) is 5.82 Å². The normalized spacial score (nSPS) is 16.3. The van der Waals surface area contributed by atoms with Crippen molar-refractivity contribution in [2.24, 2.45) is 0 Å². The van der Waals surface area contributed by atoms with E-state index >= 15 is 0 Å². The van der Waals surface area contributed by atoms with Gasteiger partial charge in [-0.25, -0.2) is 4.39 Å². The van der Waals surface area contributed by atoms with Crippen molar-refractivity contribution in [3.63, 3.8) is 0 Å². The monoisotopic (exact) mass is 292 g/mol. The van der Waals surface area contributed by atoms with Gasteiger partial charge in [0.2, 0.25) is 5.91 Å². The SMILES string of the molecule is CC=CN(C(C)=O)c1ccc(CN2CCOCC2)c(F)c1. The van der Waals surface area contributed by atoms with Crippen LogP contribution in [0, 0.1) is 5.82 Å². The minimum Gasteiger partial charge on any atom is -0.379 e. The van der Waals surface area contributed by atoms with Crippen LogP contribution in [-0.4, -0.2) is 37.1 Å². The number of anilines is 1. The van der Waals surface area contributed by atoms with E-state index in [9.17, 15) is 9.18 Å². The zero-order valence-electron chi connectivity index (χ0n) is 12.5. The third-order valence-electron chi connectivity index (χ3n) is 3.45. The smallest absolute Gasteiger partial charge is 0.227 e. The molecule has 1 aromatic rings. The maximum absolute atomic E-state index is 14.2. The van der Waals surface area contributed by atoms with Gasteiger partial charge in [-0.15, -0.1) is 0 Å². The summed E-state index contributed by atoms with van der Waals surface area (Å²) < 4.78 is 19.5. The Labute approximate surface area is 124 Å². The second kappa shape index (κ2) is 7.33. The number of hydrogen-bond donors (Lipinski definition) is 0. The van der Waals surface area contributed by atoms with Gasteiger partial charge in [-0.3, -0.25) is 14.6 Å². The number of hydrogen-bond acceptors (Lipinski definition) is 3. The molecule has 1 aliphatic heterocycles. The third-order valence-corrected chi connectivity index (χ3v) is 3.45. The molecule has 2 rings (SSSR count). The van der Waals surface area contributed by atoms with Crippen LogP contribution in [0.15, 0.2) is 30.5 Å². The van der Waals surface area contributed by atoms with Gasteiger partial charge in [0.05, 0.1) is 18.9 Å². The molecule has 21 heavy (non-hydrogen) atoms. The highest BCUT2D eigenvalue weighted by Crippen LogP contribution is 2.21. The van der Waals surface area contributed by atoms with Crippen molar-refractivity contribution in [3.05, 3.63) is 41.9 Å². The van der Waals surface area contributed by atoms with Crippen LogP contribution in [0.25, 0.3) is 0 Å². The molecule has 114 valence electrons. The summed E-state index contributed by atoms with van der Waals surface area (Å²) in [4.78, 5) is 15.2. The van der Waals surface area contributed by atoms with E-state index in [0.717, 1.165) is 13.1 Å². The fourth-order valence-electron chi connectivity index (χ4n) is 2.34. The third kappa shape index (κ3) is 4.12. The van der Waals surface area contributed by atoms with E-state index in [1.807, 2.05) is 6.92 Å². The standard InChI is InChI=1S/C16H21FN2O2/c1-3-6-19(13(2)20)15-5-4-14(16(17)11-15)12-18-7-9-21-10-8-18/h3-6,11H,7-10,12H2,1-2H3. The number of carbonyl (C=O) groups is 1. The minimum absolute atomic E-state index is 0.145. The van der Waals surface area contributed by atoms with Crippen LogP contribution >= 0.6 is 0 Å². The number of halogens is 1. The molecule has 4 nitrogen and oxygen atoms in total. The maximum Gasteiger partial charge on any atom is 0.227 e. The van der Waals surface area contributed by atoms with E-state index in [1.165, 1.54) is 17.9 Å². The highest BCUT2D eigenvalue weighted by molar-refractivity contribution is 5.93. The number of carbonyl (C=O) groups excluding carboxylic acids is 1. The van der Waals surface area contributed by atoms with Gasteiger partial charge < -0.3 is 4.74 Å². The Morgan fingerprint density at radius 2 is 2.14 bits per heavy atom. The lowest BCUT2D eigenvalue weighted by atomic mass is 10.1. The predicted molar refractivity (Wildman–Crippen MR) is 80.5 cm³/mol. The van der Waals surface area contributed by atoms with Gasteiger partial charge in [-0.1, -0.05) is 12.1 Å². The lowest BCUT2D eigenvalue weighted by molar-refractivity contribution is -0.116.